The Hall–Kier alpha value is -1.75. The monoisotopic (exact) mass is 337 g/mol. The van der Waals surface area contributed by atoms with E-state index in [2.05, 4.69) is 12.2 Å². The summed E-state index contributed by atoms with van der Waals surface area (Å²) < 4.78 is 10.8. The maximum atomic E-state index is 11.3. The van der Waals surface area contributed by atoms with Gasteiger partial charge in [-0.3, -0.25) is 4.79 Å². The van der Waals surface area contributed by atoms with Gasteiger partial charge in [-0.05, 0) is 49.8 Å². The summed E-state index contributed by atoms with van der Waals surface area (Å²) in [6.45, 7) is 8.67. The van der Waals surface area contributed by atoms with Crippen LogP contribution < -0.4 is 14.8 Å². The van der Waals surface area contributed by atoms with Crippen molar-refractivity contribution in [1.29, 1.82) is 0 Å². The third-order valence-corrected chi connectivity index (χ3v) is 4.25. The second kappa shape index (κ2) is 9.52. The molecule has 5 heteroatoms. The van der Waals surface area contributed by atoms with E-state index in [0.29, 0.717) is 18.9 Å². The first-order valence-electron chi connectivity index (χ1n) is 8.46. The van der Waals surface area contributed by atoms with Crippen molar-refractivity contribution in [2.75, 3.05) is 20.8 Å². The molecule has 0 heterocycles. The van der Waals surface area contributed by atoms with Crippen molar-refractivity contribution in [3.05, 3.63) is 23.3 Å². The van der Waals surface area contributed by atoms with Gasteiger partial charge in [0.2, 0.25) is 0 Å². The van der Waals surface area contributed by atoms with Gasteiger partial charge in [0.1, 0.15) is 0 Å². The average molecular weight is 337 g/mol. The Morgan fingerprint density at radius 1 is 1.21 bits per heavy atom. The molecule has 0 spiro atoms. The van der Waals surface area contributed by atoms with Gasteiger partial charge in [0.05, 0.1) is 20.1 Å². The number of ether oxygens (including phenoxy) is 2. The second-order valence-electron chi connectivity index (χ2n) is 6.76. The van der Waals surface area contributed by atoms with Gasteiger partial charge in [0, 0.05) is 12.6 Å². The zero-order chi connectivity index (χ0) is 18.3. The molecule has 1 rings (SSSR count). The fraction of sp³-hybridized carbons (Fsp3) is 0.632. The molecule has 0 aliphatic carbocycles. The maximum Gasteiger partial charge on any atom is 0.307 e. The molecule has 1 aromatic rings. The number of carbonyl (C=O) groups is 1. The lowest BCUT2D eigenvalue weighted by molar-refractivity contribution is -0.142. The Morgan fingerprint density at radius 2 is 1.88 bits per heavy atom. The normalized spacial score (nSPS) is 13.6. The Labute approximate surface area is 145 Å². The molecule has 0 aliphatic rings. The predicted molar refractivity (Wildman–Crippen MR) is 96.0 cm³/mol. The molecule has 0 amide bonds. The molecule has 0 aromatic heterocycles. The highest BCUT2D eigenvalue weighted by Gasteiger charge is 2.20. The highest BCUT2D eigenvalue weighted by molar-refractivity contribution is 5.70. The lowest BCUT2D eigenvalue weighted by Gasteiger charge is -2.21. The van der Waals surface area contributed by atoms with Crippen LogP contribution >= 0.6 is 0 Å². The van der Waals surface area contributed by atoms with Crippen LogP contribution in [0.25, 0.3) is 0 Å². The summed E-state index contributed by atoms with van der Waals surface area (Å²) in [5, 5.41) is 12.7. The van der Waals surface area contributed by atoms with Crippen LogP contribution in [0.2, 0.25) is 0 Å². The van der Waals surface area contributed by atoms with E-state index in [0.717, 1.165) is 23.5 Å². The van der Waals surface area contributed by atoms with Gasteiger partial charge >= 0.3 is 5.97 Å². The summed E-state index contributed by atoms with van der Waals surface area (Å²) in [4.78, 5) is 11.3. The highest BCUT2D eigenvalue weighted by atomic mass is 16.5. The number of aliphatic carboxylic acids is 1. The topological polar surface area (TPSA) is 67.8 Å². The lowest BCUT2D eigenvalue weighted by atomic mass is 9.96. The molecule has 0 bridgehead atoms. The number of hydrogen-bond donors (Lipinski definition) is 2. The van der Waals surface area contributed by atoms with E-state index >= 15 is 0 Å². The van der Waals surface area contributed by atoms with Gasteiger partial charge < -0.3 is 19.9 Å². The molecule has 0 radical (unpaired) electrons. The summed E-state index contributed by atoms with van der Waals surface area (Å²) >= 11 is 0. The molecule has 2 N–H and O–H groups in total. The summed E-state index contributed by atoms with van der Waals surface area (Å²) in [6.07, 6.45) is 1.49. The first kappa shape index (κ1) is 20.3. The van der Waals surface area contributed by atoms with Gasteiger partial charge in [0.15, 0.2) is 11.5 Å². The van der Waals surface area contributed by atoms with Crippen molar-refractivity contribution in [2.45, 2.75) is 46.6 Å². The first-order valence-corrected chi connectivity index (χ1v) is 8.46. The largest absolute Gasteiger partial charge is 0.493 e. The minimum atomic E-state index is -0.731. The van der Waals surface area contributed by atoms with E-state index in [9.17, 15) is 9.90 Å². The van der Waals surface area contributed by atoms with Gasteiger partial charge in [0.25, 0.3) is 0 Å². The van der Waals surface area contributed by atoms with Crippen LogP contribution in [0.1, 0.15) is 38.3 Å². The van der Waals surface area contributed by atoms with Crippen molar-refractivity contribution in [3.63, 3.8) is 0 Å². The number of carboxylic acid groups (broad SMARTS) is 1. The molecule has 24 heavy (non-hydrogen) atoms. The fourth-order valence-corrected chi connectivity index (χ4v) is 2.93. The summed E-state index contributed by atoms with van der Waals surface area (Å²) in [5.74, 6) is 0.772. The molecule has 2 unspecified atom stereocenters. The van der Waals surface area contributed by atoms with Crippen LogP contribution in [0.15, 0.2) is 12.1 Å². The highest BCUT2D eigenvalue weighted by Crippen LogP contribution is 2.33. The van der Waals surface area contributed by atoms with Gasteiger partial charge in [-0.25, -0.2) is 0 Å². The predicted octanol–water partition coefficient (Wildman–Crippen LogP) is 3.28. The average Bonchev–Trinajstić information content (AvgIpc) is 2.52. The van der Waals surface area contributed by atoms with E-state index in [1.807, 2.05) is 32.9 Å². The molecule has 1 aromatic carbocycles. The van der Waals surface area contributed by atoms with Crippen molar-refractivity contribution in [3.8, 4) is 11.5 Å². The Bertz CT molecular complexity index is 542. The number of benzene rings is 1. The van der Waals surface area contributed by atoms with E-state index in [-0.39, 0.29) is 12.0 Å². The van der Waals surface area contributed by atoms with E-state index < -0.39 is 5.97 Å². The minimum Gasteiger partial charge on any atom is -0.493 e. The number of carboxylic acids is 1. The lowest BCUT2D eigenvalue weighted by Crippen LogP contribution is -2.36. The molecule has 2 atom stereocenters. The zero-order valence-corrected chi connectivity index (χ0v) is 15.7. The summed E-state index contributed by atoms with van der Waals surface area (Å²) in [5.41, 5.74) is 2.23. The molecular formula is C19H31NO4. The fourth-order valence-electron chi connectivity index (χ4n) is 2.93. The second-order valence-corrected chi connectivity index (χ2v) is 6.76. The molecular weight excluding hydrogens is 306 g/mol. The van der Waals surface area contributed by atoms with Crippen LogP contribution in [-0.2, 0) is 11.2 Å². The number of hydrogen-bond acceptors (Lipinski definition) is 4. The van der Waals surface area contributed by atoms with Gasteiger partial charge in [-0.15, -0.1) is 0 Å². The zero-order valence-electron chi connectivity index (χ0n) is 15.7. The SMILES string of the molecule is COc1ccc(CC(C)NCC(CC(C)C)C(=O)O)c(C)c1OC. The minimum absolute atomic E-state index is 0.177. The number of methoxy groups -OCH3 is 2. The summed E-state index contributed by atoms with van der Waals surface area (Å²) in [7, 11) is 3.27. The van der Waals surface area contributed by atoms with Crippen LogP contribution in [0.5, 0.6) is 11.5 Å². The number of nitrogens with one attached hydrogen (secondary N) is 1. The molecule has 0 fully saturated rings. The van der Waals surface area contributed by atoms with Gasteiger partial charge in [-0.1, -0.05) is 19.9 Å². The van der Waals surface area contributed by atoms with Crippen LogP contribution in [0, 0.1) is 18.8 Å². The van der Waals surface area contributed by atoms with E-state index in [1.165, 1.54) is 5.56 Å². The van der Waals surface area contributed by atoms with Crippen LogP contribution in [0.3, 0.4) is 0 Å². The Kier molecular flexibility index (Phi) is 8.05. The standard InChI is InChI=1S/C19H31NO4/c1-12(2)9-16(19(21)22)11-20-13(3)10-15-7-8-17(23-5)18(24-6)14(15)4/h7-8,12-13,16,20H,9-11H2,1-6H3,(H,21,22). The molecule has 136 valence electrons. The molecule has 0 saturated heterocycles. The quantitative estimate of drug-likeness (QED) is 0.686. The third kappa shape index (κ3) is 5.71. The van der Waals surface area contributed by atoms with Crippen molar-refractivity contribution < 1.29 is 19.4 Å². The Balaban J connectivity index is 2.71. The maximum absolute atomic E-state index is 11.3. The van der Waals surface area contributed by atoms with E-state index in [4.69, 9.17) is 9.47 Å². The number of rotatable bonds is 10. The van der Waals surface area contributed by atoms with Crippen molar-refractivity contribution in [2.24, 2.45) is 11.8 Å². The van der Waals surface area contributed by atoms with Gasteiger partial charge in [-0.2, -0.15) is 0 Å². The smallest absolute Gasteiger partial charge is 0.307 e. The van der Waals surface area contributed by atoms with Crippen LogP contribution in [0.4, 0.5) is 0 Å². The third-order valence-electron chi connectivity index (χ3n) is 4.25. The van der Waals surface area contributed by atoms with Crippen molar-refractivity contribution >= 4 is 5.97 Å². The first-order chi connectivity index (χ1) is 11.3. The summed E-state index contributed by atoms with van der Waals surface area (Å²) in [6, 6.07) is 4.13. The molecule has 0 saturated carbocycles. The van der Waals surface area contributed by atoms with Crippen molar-refractivity contribution in [1.82, 2.24) is 5.32 Å². The Morgan fingerprint density at radius 3 is 2.38 bits per heavy atom. The van der Waals surface area contributed by atoms with E-state index in [1.54, 1.807) is 14.2 Å². The molecule has 0 aliphatic heterocycles. The van der Waals surface area contributed by atoms with Crippen LogP contribution in [-0.4, -0.2) is 37.9 Å². The molecule has 5 nitrogen and oxygen atoms in total.